The molecule has 1 spiro atoms. The van der Waals surface area contributed by atoms with E-state index in [2.05, 4.69) is 5.32 Å². The Morgan fingerprint density at radius 1 is 1.47 bits per heavy atom. The number of amides is 1. The van der Waals surface area contributed by atoms with Gasteiger partial charge in [0.2, 0.25) is 5.91 Å². The molecule has 0 aromatic rings. The molecule has 4 nitrogen and oxygen atoms in total. The fourth-order valence-electron chi connectivity index (χ4n) is 2.56. The maximum absolute atomic E-state index is 11.9. The molecular formula is C11H21N3O. The Morgan fingerprint density at radius 3 is 2.73 bits per heavy atom. The van der Waals surface area contributed by atoms with Crippen LogP contribution in [0.1, 0.15) is 12.8 Å². The third-order valence-electron chi connectivity index (χ3n) is 3.47. The molecule has 2 fully saturated rings. The van der Waals surface area contributed by atoms with E-state index in [1.54, 1.807) is 0 Å². The zero-order chi connectivity index (χ0) is 10.9. The maximum Gasteiger partial charge on any atom is 0.236 e. The number of piperidine rings is 1. The molecule has 0 atom stereocenters. The minimum atomic E-state index is 0.283. The minimum Gasteiger partial charge on any atom is -0.341 e. The van der Waals surface area contributed by atoms with Crippen LogP contribution < -0.4 is 5.32 Å². The minimum absolute atomic E-state index is 0.283. The Hall–Kier alpha value is -0.610. The Bertz CT molecular complexity index is 248. The molecule has 0 saturated carbocycles. The monoisotopic (exact) mass is 211 g/mol. The predicted octanol–water partition coefficient (Wildman–Crippen LogP) is -0.240. The lowest BCUT2D eigenvalue weighted by molar-refractivity contribution is -0.136. The van der Waals surface area contributed by atoms with E-state index in [-0.39, 0.29) is 5.91 Å². The van der Waals surface area contributed by atoms with E-state index in [0.29, 0.717) is 12.0 Å². The number of carbonyl (C=O) groups is 1. The van der Waals surface area contributed by atoms with Crippen molar-refractivity contribution in [3.05, 3.63) is 0 Å². The fraction of sp³-hybridized carbons (Fsp3) is 0.909. The van der Waals surface area contributed by atoms with Crippen molar-refractivity contribution in [2.24, 2.45) is 5.41 Å². The van der Waals surface area contributed by atoms with E-state index in [1.165, 1.54) is 12.8 Å². The van der Waals surface area contributed by atoms with Crippen LogP contribution >= 0.6 is 0 Å². The van der Waals surface area contributed by atoms with Crippen molar-refractivity contribution in [3.8, 4) is 0 Å². The van der Waals surface area contributed by atoms with Crippen LogP contribution in [0.4, 0.5) is 0 Å². The molecule has 2 saturated heterocycles. The number of likely N-dealkylation sites (N-methyl/N-ethyl adjacent to an activating group) is 1. The highest BCUT2D eigenvalue weighted by atomic mass is 16.2. The number of hydrogen-bond donors (Lipinski definition) is 1. The smallest absolute Gasteiger partial charge is 0.236 e. The molecule has 2 heterocycles. The first-order valence-electron chi connectivity index (χ1n) is 5.75. The van der Waals surface area contributed by atoms with Gasteiger partial charge in [-0.25, -0.2) is 0 Å². The van der Waals surface area contributed by atoms with Crippen molar-refractivity contribution < 1.29 is 4.79 Å². The van der Waals surface area contributed by atoms with Crippen LogP contribution in [0.3, 0.4) is 0 Å². The lowest BCUT2D eigenvalue weighted by Gasteiger charge is -2.49. The van der Waals surface area contributed by atoms with Gasteiger partial charge < -0.3 is 15.1 Å². The van der Waals surface area contributed by atoms with Gasteiger partial charge in [-0.3, -0.25) is 4.79 Å². The number of likely N-dealkylation sites (tertiary alicyclic amines) is 1. The summed E-state index contributed by atoms with van der Waals surface area (Å²) < 4.78 is 0. The van der Waals surface area contributed by atoms with E-state index in [1.807, 2.05) is 23.9 Å². The van der Waals surface area contributed by atoms with Gasteiger partial charge in [-0.05, 0) is 26.9 Å². The Balaban J connectivity index is 1.89. The molecule has 0 radical (unpaired) electrons. The van der Waals surface area contributed by atoms with Gasteiger partial charge >= 0.3 is 0 Å². The van der Waals surface area contributed by atoms with Crippen molar-refractivity contribution in [2.75, 3.05) is 46.8 Å². The third kappa shape index (κ3) is 2.32. The Labute approximate surface area is 91.6 Å². The number of nitrogens with zero attached hydrogens (tertiary/aromatic N) is 2. The van der Waals surface area contributed by atoms with Gasteiger partial charge in [0, 0.05) is 31.6 Å². The van der Waals surface area contributed by atoms with Crippen LogP contribution in [0, 0.1) is 5.41 Å². The summed E-state index contributed by atoms with van der Waals surface area (Å²) >= 11 is 0. The number of nitrogens with one attached hydrogen (secondary N) is 1. The molecule has 0 bridgehead atoms. The van der Waals surface area contributed by atoms with Gasteiger partial charge in [-0.1, -0.05) is 0 Å². The van der Waals surface area contributed by atoms with E-state index in [4.69, 9.17) is 0 Å². The summed E-state index contributed by atoms with van der Waals surface area (Å²) in [5.74, 6) is 0.283. The van der Waals surface area contributed by atoms with Crippen molar-refractivity contribution in [1.82, 2.24) is 15.1 Å². The van der Waals surface area contributed by atoms with E-state index >= 15 is 0 Å². The van der Waals surface area contributed by atoms with Gasteiger partial charge in [-0.15, -0.1) is 0 Å². The van der Waals surface area contributed by atoms with Crippen molar-refractivity contribution >= 4 is 5.91 Å². The van der Waals surface area contributed by atoms with Gasteiger partial charge in [0.15, 0.2) is 0 Å². The fourth-order valence-corrected chi connectivity index (χ4v) is 2.56. The molecule has 15 heavy (non-hydrogen) atoms. The van der Waals surface area contributed by atoms with Gasteiger partial charge in [0.1, 0.15) is 0 Å². The second-order valence-corrected chi connectivity index (χ2v) is 5.26. The first-order chi connectivity index (χ1) is 7.11. The highest BCUT2D eigenvalue weighted by Crippen LogP contribution is 2.33. The van der Waals surface area contributed by atoms with Crippen LogP contribution in [0.25, 0.3) is 0 Å². The van der Waals surface area contributed by atoms with Crippen molar-refractivity contribution in [1.29, 1.82) is 0 Å². The van der Waals surface area contributed by atoms with Gasteiger partial charge in [0.05, 0.1) is 6.54 Å². The van der Waals surface area contributed by atoms with Gasteiger partial charge in [0.25, 0.3) is 0 Å². The van der Waals surface area contributed by atoms with Crippen LogP contribution in [0.5, 0.6) is 0 Å². The average molecular weight is 211 g/mol. The number of hydrogen-bond acceptors (Lipinski definition) is 3. The van der Waals surface area contributed by atoms with Gasteiger partial charge in [-0.2, -0.15) is 0 Å². The topological polar surface area (TPSA) is 35.6 Å². The molecular weight excluding hydrogens is 190 g/mol. The summed E-state index contributed by atoms with van der Waals surface area (Å²) in [6.45, 7) is 4.65. The molecule has 0 aromatic heterocycles. The van der Waals surface area contributed by atoms with Crippen LogP contribution in [0.15, 0.2) is 0 Å². The molecule has 4 heteroatoms. The molecule has 0 aliphatic carbocycles. The van der Waals surface area contributed by atoms with Crippen LogP contribution in [-0.2, 0) is 4.79 Å². The maximum atomic E-state index is 11.9. The van der Waals surface area contributed by atoms with Crippen LogP contribution in [-0.4, -0.2) is 62.5 Å². The first-order valence-corrected chi connectivity index (χ1v) is 5.75. The first kappa shape index (κ1) is 10.9. The Morgan fingerprint density at radius 2 is 2.20 bits per heavy atom. The molecule has 0 unspecified atom stereocenters. The summed E-state index contributed by atoms with van der Waals surface area (Å²) in [6.07, 6.45) is 2.45. The van der Waals surface area contributed by atoms with Crippen LogP contribution in [0.2, 0.25) is 0 Å². The summed E-state index contributed by atoms with van der Waals surface area (Å²) in [4.78, 5) is 15.9. The lowest BCUT2D eigenvalue weighted by atomic mass is 9.75. The van der Waals surface area contributed by atoms with E-state index in [0.717, 1.165) is 26.2 Å². The normalized spacial score (nSPS) is 24.3. The second-order valence-electron chi connectivity index (χ2n) is 5.26. The zero-order valence-corrected chi connectivity index (χ0v) is 9.75. The highest BCUT2D eigenvalue weighted by molar-refractivity contribution is 5.78. The molecule has 86 valence electrons. The predicted molar refractivity (Wildman–Crippen MR) is 59.7 cm³/mol. The number of rotatable bonds is 2. The quantitative estimate of drug-likeness (QED) is 0.685. The third-order valence-corrected chi connectivity index (χ3v) is 3.47. The summed E-state index contributed by atoms with van der Waals surface area (Å²) in [5, 5.41) is 3.32. The second kappa shape index (κ2) is 4.10. The zero-order valence-electron chi connectivity index (χ0n) is 9.75. The average Bonchev–Trinajstić information content (AvgIpc) is 2.14. The molecule has 1 amide bonds. The van der Waals surface area contributed by atoms with E-state index in [9.17, 15) is 4.79 Å². The largest absolute Gasteiger partial charge is 0.341 e. The molecule has 2 aliphatic heterocycles. The number of carbonyl (C=O) groups excluding carboxylic acids is 1. The summed E-state index contributed by atoms with van der Waals surface area (Å²) in [5.41, 5.74) is 0.417. The highest BCUT2D eigenvalue weighted by Gasteiger charge is 2.41. The summed E-state index contributed by atoms with van der Waals surface area (Å²) in [7, 11) is 3.89. The SMILES string of the molecule is CN(C)CC(=O)N1CCCC2(CNC2)C1. The molecule has 0 aromatic carbocycles. The molecule has 2 aliphatic rings. The van der Waals surface area contributed by atoms with E-state index < -0.39 is 0 Å². The standard InChI is InChI=1S/C11H21N3O/c1-13(2)6-10(15)14-5-3-4-11(9-14)7-12-8-11/h12H,3-9H2,1-2H3. The molecule has 1 N–H and O–H groups in total. The van der Waals surface area contributed by atoms with Crippen molar-refractivity contribution in [3.63, 3.8) is 0 Å². The summed E-state index contributed by atoms with van der Waals surface area (Å²) in [6, 6.07) is 0. The lowest BCUT2D eigenvalue weighted by Crippen LogP contribution is -2.62. The molecule has 2 rings (SSSR count). The van der Waals surface area contributed by atoms with Crippen molar-refractivity contribution in [2.45, 2.75) is 12.8 Å². The Kier molecular flexibility index (Phi) is 2.98.